The lowest BCUT2D eigenvalue weighted by molar-refractivity contribution is 0.121. The van der Waals surface area contributed by atoms with Crippen molar-refractivity contribution in [3.8, 4) is 0 Å². The van der Waals surface area contributed by atoms with Crippen molar-refractivity contribution in [3.05, 3.63) is 11.8 Å². The minimum atomic E-state index is -0.0824. The van der Waals surface area contributed by atoms with Crippen molar-refractivity contribution >= 4 is 11.8 Å². The molecule has 0 atom stereocenters. The summed E-state index contributed by atoms with van der Waals surface area (Å²) in [5.74, 6) is 1.12. The first kappa shape index (κ1) is 14.7. The Morgan fingerprint density at radius 3 is 2.50 bits per heavy atom. The van der Waals surface area contributed by atoms with Crippen LogP contribution in [0.25, 0.3) is 0 Å². The summed E-state index contributed by atoms with van der Waals surface area (Å²) >= 11 is 0. The molecule has 0 spiro atoms. The average molecular weight is 252 g/mol. The molecule has 102 valence electrons. The summed E-state index contributed by atoms with van der Waals surface area (Å²) in [6.07, 6.45) is 3.60. The largest absolute Gasteiger partial charge is 0.396 e. The monoisotopic (exact) mass is 252 g/mol. The molecule has 0 fully saturated rings. The minimum absolute atomic E-state index is 0.0824. The van der Waals surface area contributed by atoms with E-state index in [1.807, 2.05) is 14.0 Å². The maximum absolute atomic E-state index is 9.61. The molecule has 1 aromatic rings. The first-order chi connectivity index (χ1) is 8.48. The fraction of sp³-hybridized carbons (Fsp3) is 0.692. The molecule has 1 heterocycles. The van der Waals surface area contributed by atoms with Crippen molar-refractivity contribution in [3.63, 3.8) is 0 Å². The van der Waals surface area contributed by atoms with E-state index in [2.05, 4.69) is 28.7 Å². The lowest BCUT2D eigenvalue weighted by atomic mass is 9.83. The van der Waals surface area contributed by atoms with E-state index in [0.717, 1.165) is 30.8 Å². The van der Waals surface area contributed by atoms with Gasteiger partial charge >= 0.3 is 0 Å². The van der Waals surface area contributed by atoms with Crippen molar-refractivity contribution in [2.75, 3.05) is 30.8 Å². The van der Waals surface area contributed by atoms with Crippen LogP contribution in [0.15, 0.2) is 6.20 Å². The van der Waals surface area contributed by atoms with Crippen molar-refractivity contribution in [2.24, 2.45) is 5.41 Å². The number of hydrogen-bond acceptors (Lipinski definition) is 5. The van der Waals surface area contributed by atoms with Gasteiger partial charge in [0.25, 0.3) is 0 Å². The molecule has 5 nitrogen and oxygen atoms in total. The van der Waals surface area contributed by atoms with Crippen LogP contribution in [-0.2, 0) is 0 Å². The zero-order chi connectivity index (χ0) is 13.8. The van der Waals surface area contributed by atoms with Crippen LogP contribution >= 0.6 is 0 Å². The summed E-state index contributed by atoms with van der Waals surface area (Å²) in [7, 11) is 1.98. The predicted octanol–water partition coefficient (Wildman–Crippen LogP) is 1.60. The molecule has 3 N–H and O–H groups in total. The van der Waals surface area contributed by atoms with E-state index in [4.69, 9.17) is 5.73 Å². The zero-order valence-electron chi connectivity index (χ0n) is 11.8. The number of nitrogens with zero attached hydrogens (tertiary/aromatic N) is 3. The van der Waals surface area contributed by atoms with Crippen LogP contribution < -0.4 is 10.6 Å². The van der Waals surface area contributed by atoms with Gasteiger partial charge in [0, 0.05) is 30.8 Å². The maximum atomic E-state index is 9.61. The van der Waals surface area contributed by atoms with Crippen molar-refractivity contribution in [2.45, 2.75) is 33.6 Å². The maximum Gasteiger partial charge on any atom is 0.221 e. The fourth-order valence-corrected chi connectivity index (χ4v) is 2.16. The van der Waals surface area contributed by atoms with Gasteiger partial charge in [-0.25, -0.2) is 4.98 Å². The summed E-state index contributed by atoms with van der Waals surface area (Å²) < 4.78 is 0. The van der Waals surface area contributed by atoms with Crippen LogP contribution in [0.2, 0.25) is 0 Å². The van der Waals surface area contributed by atoms with Gasteiger partial charge in [0.1, 0.15) is 5.82 Å². The van der Waals surface area contributed by atoms with Gasteiger partial charge in [0.05, 0.1) is 6.61 Å². The molecule has 0 radical (unpaired) electrons. The molecule has 18 heavy (non-hydrogen) atoms. The number of nitrogens with two attached hydrogens (primary N) is 1. The number of rotatable bonds is 6. The Hall–Kier alpha value is -1.36. The molecular formula is C13H24N4O. The molecule has 1 rings (SSSR count). The molecule has 0 saturated heterocycles. The molecule has 5 heteroatoms. The predicted molar refractivity (Wildman–Crippen MR) is 74.6 cm³/mol. The number of hydrogen-bond donors (Lipinski definition) is 2. The number of aryl methyl sites for hydroxylation is 1. The summed E-state index contributed by atoms with van der Waals surface area (Å²) in [6, 6.07) is 0. The second kappa shape index (κ2) is 6.00. The Labute approximate surface area is 109 Å². The highest BCUT2D eigenvalue weighted by atomic mass is 16.3. The molecule has 0 bridgehead atoms. The van der Waals surface area contributed by atoms with Gasteiger partial charge in [-0.15, -0.1) is 0 Å². The quantitative estimate of drug-likeness (QED) is 0.804. The summed E-state index contributed by atoms with van der Waals surface area (Å²) in [5.41, 5.74) is 6.54. The van der Waals surface area contributed by atoms with Gasteiger partial charge < -0.3 is 15.7 Å². The molecule has 0 aliphatic heterocycles. The Kier molecular flexibility index (Phi) is 4.90. The van der Waals surface area contributed by atoms with Crippen LogP contribution in [0, 0.1) is 12.3 Å². The highest BCUT2D eigenvalue weighted by molar-refractivity contribution is 5.47. The second-order valence-electron chi connectivity index (χ2n) is 4.96. The van der Waals surface area contributed by atoms with Gasteiger partial charge in [-0.05, 0) is 19.8 Å². The number of aliphatic hydroxyl groups is 1. The van der Waals surface area contributed by atoms with E-state index >= 15 is 0 Å². The van der Waals surface area contributed by atoms with E-state index in [1.54, 1.807) is 6.20 Å². The Bertz CT molecular complexity index is 382. The Morgan fingerprint density at radius 1 is 1.39 bits per heavy atom. The third-order valence-corrected chi connectivity index (χ3v) is 3.73. The second-order valence-corrected chi connectivity index (χ2v) is 4.96. The summed E-state index contributed by atoms with van der Waals surface area (Å²) in [6.45, 7) is 7.12. The molecule has 0 aromatic carbocycles. The van der Waals surface area contributed by atoms with E-state index < -0.39 is 0 Å². The van der Waals surface area contributed by atoms with Gasteiger partial charge in [-0.1, -0.05) is 13.8 Å². The normalized spacial score (nSPS) is 11.6. The van der Waals surface area contributed by atoms with Gasteiger partial charge in [-0.2, -0.15) is 4.98 Å². The molecule has 0 saturated carbocycles. The van der Waals surface area contributed by atoms with Crippen molar-refractivity contribution < 1.29 is 5.11 Å². The number of aromatic nitrogens is 2. The molecular weight excluding hydrogens is 228 g/mol. The van der Waals surface area contributed by atoms with Gasteiger partial charge in [-0.3, -0.25) is 0 Å². The topological polar surface area (TPSA) is 75.3 Å². The molecule has 0 amide bonds. The molecule has 0 unspecified atom stereocenters. The van der Waals surface area contributed by atoms with Crippen molar-refractivity contribution in [1.29, 1.82) is 0 Å². The van der Waals surface area contributed by atoms with Crippen LogP contribution in [0.1, 0.15) is 32.3 Å². The Morgan fingerprint density at radius 2 is 2.00 bits per heavy atom. The molecule has 0 aliphatic rings. The van der Waals surface area contributed by atoms with E-state index in [1.165, 1.54) is 0 Å². The van der Waals surface area contributed by atoms with Crippen LogP contribution in [-0.4, -0.2) is 35.3 Å². The van der Waals surface area contributed by atoms with Crippen LogP contribution in [0.3, 0.4) is 0 Å². The molecule has 1 aromatic heterocycles. The fourth-order valence-electron chi connectivity index (χ4n) is 2.16. The Balaban J connectivity index is 2.93. The first-order valence-electron chi connectivity index (χ1n) is 6.39. The lowest BCUT2D eigenvalue weighted by Crippen LogP contribution is -2.38. The average Bonchev–Trinajstić information content (AvgIpc) is 2.38. The SMILES string of the molecule is CCC(CC)(CO)CN(C)c1nc(N)ncc1C. The summed E-state index contributed by atoms with van der Waals surface area (Å²) in [5, 5.41) is 9.61. The third kappa shape index (κ3) is 3.10. The van der Waals surface area contributed by atoms with Crippen molar-refractivity contribution in [1.82, 2.24) is 9.97 Å². The minimum Gasteiger partial charge on any atom is -0.396 e. The van der Waals surface area contributed by atoms with Crippen LogP contribution in [0.5, 0.6) is 0 Å². The first-order valence-corrected chi connectivity index (χ1v) is 6.39. The number of nitrogen functional groups attached to an aromatic ring is 1. The van der Waals surface area contributed by atoms with E-state index in [-0.39, 0.29) is 18.0 Å². The smallest absolute Gasteiger partial charge is 0.221 e. The number of aliphatic hydroxyl groups excluding tert-OH is 1. The number of anilines is 2. The van der Waals surface area contributed by atoms with Gasteiger partial charge in [0.2, 0.25) is 5.95 Å². The highest BCUT2D eigenvalue weighted by Gasteiger charge is 2.27. The third-order valence-electron chi connectivity index (χ3n) is 3.73. The molecule has 0 aliphatic carbocycles. The van der Waals surface area contributed by atoms with E-state index in [0.29, 0.717) is 0 Å². The summed E-state index contributed by atoms with van der Waals surface area (Å²) in [4.78, 5) is 10.3. The lowest BCUT2D eigenvalue weighted by Gasteiger charge is -2.35. The van der Waals surface area contributed by atoms with Crippen LogP contribution in [0.4, 0.5) is 11.8 Å². The zero-order valence-corrected chi connectivity index (χ0v) is 11.8. The van der Waals surface area contributed by atoms with Gasteiger partial charge in [0.15, 0.2) is 0 Å². The standard InChI is InChI=1S/C13H24N4O/c1-5-13(6-2,9-18)8-17(4)11-10(3)7-15-12(14)16-11/h7,18H,5-6,8-9H2,1-4H3,(H2,14,15,16). The highest BCUT2D eigenvalue weighted by Crippen LogP contribution is 2.28. The van der Waals surface area contributed by atoms with E-state index in [9.17, 15) is 5.11 Å².